The zero-order valence-electron chi connectivity index (χ0n) is 14.4. The van der Waals surface area contributed by atoms with E-state index in [9.17, 15) is 9.59 Å². The normalized spacial score (nSPS) is 15.3. The molecule has 6 nitrogen and oxygen atoms in total. The van der Waals surface area contributed by atoms with Crippen LogP contribution in [0.2, 0.25) is 0 Å². The quantitative estimate of drug-likeness (QED) is 0.734. The molecule has 1 aliphatic rings. The van der Waals surface area contributed by atoms with Crippen LogP contribution < -0.4 is 0 Å². The lowest BCUT2D eigenvalue weighted by molar-refractivity contribution is 0.0624. The van der Waals surface area contributed by atoms with Crippen LogP contribution in [0.5, 0.6) is 0 Å². The topological polar surface area (TPSA) is 69.3 Å². The van der Waals surface area contributed by atoms with Gasteiger partial charge in [0.2, 0.25) is 0 Å². The lowest BCUT2D eigenvalue weighted by atomic mass is 10.1. The summed E-state index contributed by atoms with van der Waals surface area (Å²) in [7, 11) is 0. The number of rotatable bonds is 4. The van der Waals surface area contributed by atoms with Gasteiger partial charge in [-0.3, -0.25) is 19.5 Å². The summed E-state index contributed by atoms with van der Waals surface area (Å²) in [6.45, 7) is 3.03. The van der Waals surface area contributed by atoms with Crippen LogP contribution in [0.15, 0.2) is 55.0 Å². The fourth-order valence-electron chi connectivity index (χ4n) is 3.38. The second kappa shape index (κ2) is 7.09. The minimum absolute atomic E-state index is 0.0232. The Labute approximate surface area is 151 Å². The van der Waals surface area contributed by atoms with Crippen LogP contribution in [0.25, 0.3) is 10.9 Å². The van der Waals surface area contributed by atoms with E-state index < -0.39 is 0 Å². The average Bonchev–Trinajstić information content (AvgIpc) is 3.13. The number of aromatic amines is 1. The molecule has 0 aliphatic carbocycles. The van der Waals surface area contributed by atoms with Crippen LogP contribution in [0.4, 0.5) is 0 Å². The highest BCUT2D eigenvalue weighted by Gasteiger charge is 2.24. The Kier molecular flexibility index (Phi) is 4.50. The van der Waals surface area contributed by atoms with Crippen molar-refractivity contribution in [3.8, 4) is 0 Å². The molecule has 0 atom stereocenters. The van der Waals surface area contributed by atoms with Gasteiger partial charge in [0.15, 0.2) is 5.78 Å². The van der Waals surface area contributed by atoms with Crippen molar-refractivity contribution < 1.29 is 9.59 Å². The van der Waals surface area contributed by atoms with Gasteiger partial charge in [0.25, 0.3) is 5.91 Å². The number of carbonyl (C=O) groups is 2. The summed E-state index contributed by atoms with van der Waals surface area (Å²) in [6, 6.07) is 11.3. The van der Waals surface area contributed by atoms with Gasteiger partial charge in [-0.25, -0.2) is 0 Å². The number of pyridine rings is 1. The highest BCUT2D eigenvalue weighted by molar-refractivity contribution is 6.08. The Bertz CT molecular complexity index is 927. The van der Waals surface area contributed by atoms with Crippen molar-refractivity contribution in [2.45, 2.75) is 0 Å². The Morgan fingerprint density at radius 1 is 1.00 bits per heavy atom. The number of benzene rings is 1. The molecule has 3 heterocycles. The van der Waals surface area contributed by atoms with E-state index in [0.29, 0.717) is 38.3 Å². The zero-order valence-corrected chi connectivity index (χ0v) is 14.4. The highest BCUT2D eigenvalue weighted by atomic mass is 16.2. The van der Waals surface area contributed by atoms with Crippen LogP contribution in [0.1, 0.15) is 20.7 Å². The molecule has 0 radical (unpaired) electrons. The first kappa shape index (κ1) is 16.5. The number of piperazine rings is 1. The Hall–Kier alpha value is -2.99. The van der Waals surface area contributed by atoms with Crippen LogP contribution in [-0.4, -0.2) is 64.2 Å². The van der Waals surface area contributed by atoms with Crippen molar-refractivity contribution in [1.82, 2.24) is 19.8 Å². The van der Waals surface area contributed by atoms with Gasteiger partial charge in [0, 0.05) is 66.8 Å². The van der Waals surface area contributed by atoms with Crippen LogP contribution in [0.3, 0.4) is 0 Å². The molecular weight excluding hydrogens is 328 g/mol. The van der Waals surface area contributed by atoms with Crippen LogP contribution in [0, 0.1) is 0 Å². The second-order valence-corrected chi connectivity index (χ2v) is 6.48. The number of amides is 1. The molecule has 1 amide bonds. The maximum atomic E-state index is 12.7. The average molecular weight is 348 g/mol. The second-order valence-electron chi connectivity index (χ2n) is 6.48. The molecule has 2 aromatic heterocycles. The number of nitrogens with zero attached hydrogens (tertiary/aromatic N) is 3. The Morgan fingerprint density at radius 2 is 1.73 bits per heavy atom. The van der Waals surface area contributed by atoms with Gasteiger partial charge in [-0.1, -0.05) is 18.2 Å². The van der Waals surface area contributed by atoms with E-state index in [1.54, 1.807) is 30.7 Å². The molecule has 1 saturated heterocycles. The molecule has 3 aromatic rings. The summed E-state index contributed by atoms with van der Waals surface area (Å²) < 4.78 is 0. The van der Waals surface area contributed by atoms with E-state index in [4.69, 9.17) is 0 Å². The maximum absolute atomic E-state index is 12.7. The van der Waals surface area contributed by atoms with Gasteiger partial charge >= 0.3 is 0 Å². The third-order valence-electron chi connectivity index (χ3n) is 4.84. The van der Waals surface area contributed by atoms with Crippen molar-refractivity contribution in [3.05, 3.63) is 66.1 Å². The van der Waals surface area contributed by atoms with E-state index in [2.05, 4.69) is 14.9 Å². The summed E-state index contributed by atoms with van der Waals surface area (Å²) >= 11 is 0. The molecule has 0 bridgehead atoms. The number of aromatic nitrogens is 2. The SMILES string of the molecule is O=C(CN1CCN(C(=O)c2ccncc2)CC1)c1c[nH]c2ccccc12. The van der Waals surface area contributed by atoms with Crippen LogP contribution >= 0.6 is 0 Å². The Balaban J connectivity index is 1.36. The summed E-state index contributed by atoms with van der Waals surface area (Å²) in [4.78, 5) is 36.2. The number of nitrogens with one attached hydrogen (secondary N) is 1. The molecule has 4 rings (SSSR count). The predicted molar refractivity (Wildman–Crippen MR) is 99.2 cm³/mol. The number of Topliss-reactive ketones (excluding diaryl/α,β-unsaturated/α-hetero) is 1. The minimum atomic E-state index is 0.0232. The van der Waals surface area contributed by atoms with Crippen molar-refractivity contribution in [1.29, 1.82) is 0 Å². The lowest BCUT2D eigenvalue weighted by Crippen LogP contribution is -2.49. The summed E-state index contributed by atoms with van der Waals surface area (Å²) in [5, 5.41) is 0.962. The molecule has 6 heteroatoms. The van der Waals surface area contributed by atoms with E-state index in [1.807, 2.05) is 29.2 Å². The first-order valence-electron chi connectivity index (χ1n) is 8.73. The number of ketones is 1. The maximum Gasteiger partial charge on any atom is 0.254 e. The first-order chi connectivity index (χ1) is 12.7. The molecule has 1 N–H and O–H groups in total. The molecule has 0 unspecified atom stereocenters. The third kappa shape index (κ3) is 3.23. The van der Waals surface area contributed by atoms with Crippen molar-refractivity contribution in [2.24, 2.45) is 0 Å². The molecule has 26 heavy (non-hydrogen) atoms. The first-order valence-corrected chi connectivity index (χ1v) is 8.73. The molecule has 1 aliphatic heterocycles. The summed E-state index contributed by atoms with van der Waals surface area (Å²) in [6.07, 6.45) is 5.04. The third-order valence-corrected chi connectivity index (χ3v) is 4.84. The van der Waals surface area contributed by atoms with E-state index in [0.717, 1.165) is 16.5 Å². The standard InChI is InChI=1S/C20H20N4O2/c25-19(17-13-22-18-4-2-1-3-16(17)18)14-23-9-11-24(12-10-23)20(26)15-5-7-21-8-6-15/h1-8,13,22H,9-12,14H2. The van der Waals surface area contributed by atoms with Gasteiger partial charge in [-0.15, -0.1) is 0 Å². The van der Waals surface area contributed by atoms with Crippen LogP contribution in [-0.2, 0) is 0 Å². The fraction of sp³-hybridized carbons (Fsp3) is 0.250. The summed E-state index contributed by atoms with van der Waals surface area (Å²) in [5.74, 6) is 0.131. The van der Waals surface area contributed by atoms with Gasteiger partial charge in [0.05, 0.1) is 6.54 Å². The summed E-state index contributed by atoms with van der Waals surface area (Å²) in [5.41, 5.74) is 2.36. The van der Waals surface area contributed by atoms with E-state index in [1.165, 1.54) is 0 Å². The number of H-pyrrole nitrogens is 1. The number of hydrogen-bond acceptors (Lipinski definition) is 4. The lowest BCUT2D eigenvalue weighted by Gasteiger charge is -2.34. The number of fused-ring (bicyclic) bond motifs is 1. The fourth-order valence-corrected chi connectivity index (χ4v) is 3.38. The molecule has 0 saturated carbocycles. The molecule has 0 spiro atoms. The number of carbonyl (C=O) groups excluding carboxylic acids is 2. The van der Waals surface area contributed by atoms with Crippen molar-refractivity contribution in [3.63, 3.8) is 0 Å². The zero-order chi connectivity index (χ0) is 17.9. The molecule has 132 valence electrons. The van der Waals surface area contributed by atoms with Crippen molar-refractivity contribution >= 4 is 22.6 Å². The van der Waals surface area contributed by atoms with Crippen molar-refractivity contribution in [2.75, 3.05) is 32.7 Å². The highest BCUT2D eigenvalue weighted by Crippen LogP contribution is 2.19. The predicted octanol–water partition coefficient (Wildman–Crippen LogP) is 2.20. The smallest absolute Gasteiger partial charge is 0.254 e. The van der Waals surface area contributed by atoms with Gasteiger partial charge in [-0.05, 0) is 18.2 Å². The van der Waals surface area contributed by atoms with E-state index in [-0.39, 0.29) is 11.7 Å². The molecule has 1 fully saturated rings. The minimum Gasteiger partial charge on any atom is -0.360 e. The van der Waals surface area contributed by atoms with Gasteiger partial charge in [0.1, 0.15) is 0 Å². The number of hydrogen-bond donors (Lipinski definition) is 1. The monoisotopic (exact) mass is 348 g/mol. The largest absolute Gasteiger partial charge is 0.360 e. The number of para-hydroxylation sites is 1. The Morgan fingerprint density at radius 3 is 2.50 bits per heavy atom. The van der Waals surface area contributed by atoms with Gasteiger partial charge < -0.3 is 9.88 Å². The molecular formula is C20H20N4O2. The van der Waals surface area contributed by atoms with Gasteiger partial charge in [-0.2, -0.15) is 0 Å². The van der Waals surface area contributed by atoms with E-state index >= 15 is 0 Å². The molecule has 1 aromatic carbocycles.